The van der Waals surface area contributed by atoms with E-state index in [9.17, 15) is 0 Å². The molecule has 0 aliphatic carbocycles. The molecule has 0 aromatic heterocycles. The van der Waals surface area contributed by atoms with Gasteiger partial charge in [-0.05, 0) is 24.8 Å². The predicted molar refractivity (Wildman–Crippen MR) is 63.2 cm³/mol. The summed E-state index contributed by atoms with van der Waals surface area (Å²) in [4.78, 5) is 8.85. The van der Waals surface area contributed by atoms with E-state index in [1.165, 1.54) is 5.57 Å². The molecule has 0 spiro atoms. The third-order valence-corrected chi connectivity index (χ3v) is 2.97. The molecule has 1 heterocycles. The molecule has 1 atom stereocenters. The predicted octanol–water partition coefficient (Wildman–Crippen LogP) is 3.10. The molecule has 0 aromatic rings. The van der Waals surface area contributed by atoms with Gasteiger partial charge in [-0.3, -0.25) is 9.98 Å². The third-order valence-electron chi connectivity index (χ3n) is 2.97. The van der Waals surface area contributed by atoms with Crippen molar-refractivity contribution in [2.24, 2.45) is 21.3 Å². The van der Waals surface area contributed by atoms with Crippen molar-refractivity contribution in [2.75, 3.05) is 6.54 Å². The summed E-state index contributed by atoms with van der Waals surface area (Å²) in [6.45, 7) is 9.51. The minimum absolute atomic E-state index is 0.00969. The Morgan fingerprint density at radius 3 is 2.71 bits per heavy atom. The molecule has 1 unspecified atom stereocenters. The maximum atomic E-state index is 4.47. The van der Waals surface area contributed by atoms with E-state index in [4.69, 9.17) is 0 Å². The van der Waals surface area contributed by atoms with Crippen LogP contribution in [0.1, 0.15) is 34.1 Å². The largest absolute Gasteiger partial charge is 0.292 e. The fraction of sp³-hybridized carbons (Fsp3) is 0.667. The lowest BCUT2D eigenvalue weighted by Gasteiger charge is -2.25. The molecular weight excluding hydrogens is 172 g/mol. The lowest BCUT2D eigenvalue weighted by molar-refractivity contribution is 0.462. The van der Waals surface area contributed by atoms with Crippen molar-refractivity contribution in [1.82, 2.24) is 0 Å². The summed E-state index contributed by atoms with van der Waals surface area (Å²) in [5.41, 5.74) is 1.30. The van der Waals surface area contributed by atoms with Crippen LogP contribution in [-0.4, -0.2) is 19.0 Å². The van der Waals surface area contributed by atoms with Crippen LogP contribution in [0.5, 0.6) is 0 Å². The van der Waals surface area contributed by atoms with Gasteiger partial charge >= 0.3 is 0 Å². The van der Waals surface area contributed by atoms with E-state index in [1.54, 1.807) is 0 Å². The molecule has 2 nitrogen and oxygen atoms in total. The topological polar surface area (TPSA) is 24.7 Å². The average Bonchev–Trinajstić information content (AvgIpc) is 2.11. The summed E-state index contributed by atoms with van der Waals surface area (Å²) < 4.78 is 0. The Labute approximate surface area is 86.8 Å². The maximum absolute atomic E-state index is 4.47. The van der Waals surface area contributed by atoms with Crippen LogP contribution in [0.4, 0.5) is 0 Å². The highest BCUT2D eigenvalue weighted by atomic mass is 14.8. The number of hydrogen-bond acceptors (Lipinski definition) is 2. The molecule has 78 valence electrons. The fourth-order valence-electron chi connectivity index (χ4n) is 1.24. The molecule has 1 aliphatic heterocycles. The number of rotatable bonds is 2. The van der Waals surface area contributed by atoms with Gasteiger partial charge in [0.25, 0.3) is 0 Å². The molecule has 0 aromatic carbocycles. The molecule has 0 saturated heterocycles. The molecule has 14 heavy (non-hydrogen) atoms. The Hall–Kier alpha value is -0.920. The van der Waals surface area contributed by atoms with Gasteiger partial charge in [0.05, 0.1) is 6.54 Å². The Morgan fingerprint density at radius 2 is 2.14 bits per heavy atom. The first kappa shape index (κ1) is 11.2. The van der Waals surface area contributed by atoms with E-state index in [-0.39, 0.29) is 5.41 Å². The normalized spacial score (nSPS) is 27.4. The highest BCUT2D eigenvalue weighted by Crippen LogP contribution is 2.23. The second-order valence-corrected chi connectivity index (χ2v) is 4.41. The summed E-state index contributed by atoms with van der Waals surface area (Å²) >= 11 is 0. The van der Waals surface area contributed by atoms with Crippen molar-refractivity contribution in [3.63, 3.8) is 0 Å². The summed E-state index contributed by atoms with van der Waals surface area (Å²) in [6.07, 6.45) is 7.05. The van der Waals surface area contributed by atoms with Crippen LogP contribution in [-0.2, 0) is 0 Å². The molecule has 2 heteroatoms. The van der Waals surface area contributed by atoms with Crippen molar-refractivity contribution in [1.29, 1.82) is 0 Å². The minimum Gasteiger partial charge on any atom is -0.292 e. The summed E-state index contributed by atoms with van der Waals surface area (Å²) in [5.74, 6) is 0.534. The summed E-state index contributed by atoms with van der Waals surface area (Å²) in [5, 5.41) is 0. The lowest BCUT2D eigenvalue weighted by atomic mass is 9.81. The second kappa shape index (κ2) is 4.54. The summed E-state index contributed by atoms with van der Waals surface area (Å²) in [7, 11) is 0. The van der Waals surface area contributed by atoms with Gasteiger partial charge in [-0.1, -0.05) is 20.8 Å². The molecule has 0 radical (unpaired) electrons. The van der Waals surface area contributed by atoms with E-state index in [0.717, 1.165) is 13.0 Å². The van der Waals surface area contributed by atoms with E-state index < -0.39 is 0 Å². The van der Waals surface area contributed by atoms with Gasteiger partial charge in [0, 0.05) is 24.0 Å². The summed E-state index contributed by atoms with van der Waals surface area (Å²) in [6, 6.07) is 0. The smallest absolute Gasteiger partial charge is 0.0613 e. The standard InChI is InChI=1S/C12H20N2/c1-5-11-6-13-8-12(4,10(2)3)9-14-7-11/h6,8-10H,5,7H2,1-4H3. The molecule has 0 bridgehead atoms. The average molecular weight is 192 g/mol. The van der Waals surface area contributed by atoms with E-state index in [2.05, 4.69) is 37.7 Å². The number of aliphatic imine (C=N–C) groups is 2. The van der Waals surface area contributed by atoms with Crippen molar-refractivity contribution in [2.45, 2.75) is 34.1 Å². The van der Waals surface area contributed by atoms with Crippen LogP contribution in [0.25, 0.3) is 0 Å². The fourth-order valence-corrected chi connectivity index (χ4v) is 1.24. The molecule has 0 N–H and O–H groups in total. The van der Waals surface area contributed by atoms with Crippen LogP contribution in [0.3, 0.4) is 0 Å². The zero-order valence-electron chi connectivity index (χ0n) is 9.62. The van der Waals surface area contributed by atoms with Crippen LogP contribution >= 0.6 is 0 Å². The highest BCUT2D eigenvalue weighted by Gasteiger charge is 2.24. The molecular formula is C12H20N2. The first-order valence-electron chi connectivity index (χ1n) is 5.31. The van der Waals surface area contributed by atoms with Gasteiger partial charge in [-0.15, -0.1) is 0 Å². The quantitative estimate of drug-likeness (QED) is 0.642. The Balaban J connectivity index is 2.88. The van der Waals surface area contributed by atoms with Gasteiger partial charge in [0.2, 0.25) is 0 Å². The van der Waals surface area contributed by atoms with Crippen molar-refractivity contribution in [3.8, 4) is 0 Å². The maximum Gasteiger partial charge on any atom is 0.0613 e. The SMILES string of the molecule is CCC1=CN=CC(C)(C(C)C)C=NC1. The number of hydrogen-bond donors (Lipinski definition) is 0. The van der Waals surface area contributed by atoms with Crippen LogP contribution in [0.2, 0.25) is 0 Å². The molecule has 0 saturated carbocycles. The van der Waals surface area contributed by atoms with Crippen LogP contribution < -0.4 is 0 Å². The van der Waals surface area contributed by atoms with Crippen molar-refractivity contribution >= 4 is 12.4 Å². The lowest BCUT2D eigenvalue weighted by Crippen LogP contribution is -2.27. The van der Waals surface area contributed by atoms with Gasteiger partial charge in [0.1, 0.15) is 0 Å². The number of nitrogens with zero attached hydrogens (tertiary/aromatic N) is 2. The molecule has 0 amide bonds. The van der Waals surface area contributed by atoms with Gasteiger partial charge in [0.15, 0.2) is 0 Å². The molecule has 0 fully saturated rings. The van der Waals surface area contributed by atoms with Gasteiger partial charge < -0.3 is 0 Å². The Bertz CT molecular complexity index is 274. The zero-order valence-corrected chi connectivity index (χ0v) is 9.62. The van der Waals surface area contributed by atoms with Crippen molar-refractivity contribution < 1.29 is 0 Å². The zero-order chi connectivity index (χ0) is 10.6. The molecule has 1 rings (SSSR count). The van der Waals surface area contributed by atoms with Crippen LogP contribution in [0, 0.1) is 11.3 Å². The highest BCUT2D eigenvalue weighted by molar-refractivity contribution is 5.89. The first-order chi connectivity index (χ1) is 6.58. The van der Waals surface area contributed by atoms with E-state index in [1.807, 2.05) is 18.6 Å². The van der Waals surface area contributed by atoms with E-state index >= 15 is 0 Å². The monoisotopic (exact) mass is 192 g/mol. The Kier molecular flexibility index (Phi) is 3.62. The minimum atomic E-state index is 0.00969. The Morgan fingerprint density at radius 1 is 1.43 bits per heavy atom. The second-order valence-electron chi connectivity index (χ2n) is 4.41. The van der Waals surface area contributed by atoms with Gasteiger partial charge in [-0.25, -0.2) is 0 Å². The van der Waals surface area contributed by atoms with Crippen molar-refractivity contribution in [3.05, 3.63) is 11.8 Å². The van der Waals surface area contributed by atoms with Gasteiger partial charge in [-0.2, -0.15) is 0 Å². The first-order valence-corrected chi connectivity index (χ1v) is 5.31. The van der Waals surface area contributed by atoms with E-state index in [0.29, 0.717) is 5.92 Å². The third kappa shape index (κ3) is 2.53. The van der Waals surface area contributed by atoms with Crippen LogP contribution in [0.15, 0.2) is 21.8 Å². The molecule has 1 aliphatic rings.